The van der Waals surface area contributed by atoms with Crippen LogP contribution in [0.25, 0.3) is 0 Å². The van der Waals surface area contributed by atoms with Gasteiger partial charge in [-0.15, -0.1) is 0 Å². The summed E-state index contributed by atoms with van der Waals surface area (Å²) in [6.07, 6.45) is 1.96. The van der Waals surface area contributed by atoms with Gasteiger partial charge in [-0.3, -0.25) is 0 Å². The van der Waals surface area contributed by atoms with Crippen molar-refractivity contribution in [1.29, 1.82) is 0 Å². The maximum Gasteiger partial charge on any atom is 0.240 e. The number of hydrogen-bond donors (Lipinski definition) is 0. The van der Waals surface area contributed by atoms with Crippen molar-refractivity contribution in [2.75, 3.05) is 7.11 Å². The third-order valence-corrected chi connectivity index (χ3v) is 1.79. The van der Waals surface area contributed by atoms with Gasteiger partial charge in [-0.05, 0) is 6.07 Å². The van der Waals surface area contributed by atoms with Crippen molar-refractivity contribution in [1.82, 2.24) is 0 Å². The molecule has 0 unspecified atom stereocenters. The van der Waals surface area contributed by atoms with Crippen molar-refractivity contribution >= 4 is 6.08 Å². The minimum atomic E-state index is 0.476. The first-order chi connectivity index (χ1) is 6.77. The normalized spacial score (nSPS) is 8.93. The number of methoxy groups -OCH3 is 1. The highest BCUT2D eigenvalue weighted by Gasteiger charge is 2.02. The van der Waals surface area contributed by atoms with E-state index in [0.717, 1.165) is 11.3 Å². The van der Waals surface area contributed by atoms with E-state index in [2.05, 4.69) is 11.6 Å². The lowest BCUT2D eigenvalue weighted by Crippen LogP contribution is -1.92. The molecule has 0 saturated carbocycles. The molecule has 0 aromatic heterocycles. The van der Waals surface area contributed by atoms with Crippen molar-refractivity contribution in [3.05, 3.63) is 42.1 Å². The van der Waals surface area contributed by atoms with E-state index in [1.165, 1.54) is 6.08 Å². The van der Waals surface area contributed by atoms with Crippen LogP contribution in [0, 0.1) is 0 Å². The van der Waals surface area contributed by atoms with E-state index in [0.29, 0.717) is 12.1 Å². The van der Waals surface area contributed by atoms with Crippen LogP contribution in [-0.2, 0) is 11.2 Å². The van der Waals surface area contributed by atoms with Crippen LogP contribution in [0.5, 0.6) is 5.75 Å². The van der Waals surface area contributed by atoms with Crippen LogP contribution >= 0.6 is 0 Å². The molecule has 0 aliphatic heterocycles. The topological polar surface area (TPSA) is 38.7 Å². The first-order valence-electron chi connectivity index (χ1n) is 4.15. The minimum Gasteiger partial charge on any atom is -0.496 e. The van der Waals surface area contributed by atoms with Gasteiger partial charge >= 0.3 is 0 Å². The van der Waals surface area contributed by atoms with Crippen LogP contribution in [-0.4, -0.2) is 13.2 Å². The number of nitrogens with zero attached hydrogens (tertiary/aromatic N) is 1. The summed E-state index contributed by atoms with van der Waals surface area (Å²) >= 11 is 0. The lowest BCUT2D eigenvalue weighted by molar-refractivity contribution is 0.410. The number of hydrogen-bond acceptors (Lipinski definition) is 3. The second-order valence-corrected chi connectivity index (χ2v) is 2.76. The maximum atomic E-state index is 9.98. The Hall–Kier alpha value is -1.86. The predicted molar refractivity (Wildman–Crippen MR) is 54.0 cm³/mol. The minimum absolute atomic E-state index is 0.476. The van der Waals surface area contributed by atoms with Crippen LogP contribution in [0.15, 0.2) is 41.5 Å². The number of aliphatic imine (C=N–C) groups is 1. The Bertz CT molecular complexity index is 379. The third kappa shape index (κ3) is 2.57. The molecule has 0 spiro atoms. The number of ether oxygens (including phenoxy) is 1. The fourth-order valence-electron chi connectivity index (χ4n) is 1.17. The van der Waals surface area contributed by atoms with Crippen molar-refractivity contribution in [2.24, 2.45) is 4.99 Å². The maximum absolute atomic E-state index is 9.98. The summed E-state index contributed by atoms with van der Waals surface area (Å²) in [5, 5.41) is 0. The van der Waals surface area contributed by atoms with Gasteiger partial charge in [0.05, 0.1) is 12.8 Å². The molecule has 0 amide bonds. The second kappa shape index (κ2) is 5.00. The van der Waals surface area contributed by atoms with Gasteiger partial charge in [0.1, 0.15) is 5.75 Å². The van der Waals surface area contributed by atoms with Gasteiger partial charge in [0.25, 0.3) is 0 Å². The van der Waals surface area contributed by atoms with Crippen LogP contribution in [0.3, 0.4) is 0 Å². The number of rotatable bonds is 4. The molecule has 0 N–H and O–H groups in total. The molecule has 0 radical (unpaired) electrons. The van der Waals surface area contributed by atoms with Gasteiger partial charge in [0.2, 0.25) is 6.08 Å². The molecule has 0 atom stereocenters. The molecule has 0 aliphatic rings. The summed E-state index contributed by atoms with van der Waals surface area (Å²) in [6, 6.07) is 7.54. The summed E-state index contributed by atoms with van der Waals surface area (Å²) in [6.45, 7) is 3.63. The van der Waals surface area contributed by atoms with Crippen molar-refractivity contribution in [3.8, 4) is 5.75 Å². The summed E-state index contributed by atoms with van der Waals surface area (Å²) in [7, 11) is 1.60. The van der Waals surface area contributed by atoms with Gasteiger partial charge in [0, 0.05) is 12.0 Å². The van der Waals surface area contributed by atoms with Crippen LogP contribution < -0.4 is 4.74 Å². The Balaban J connectivity index is 2.85. The van der Waals surface area contributed by atoms with Crippen molar-refractivity contribution < 1.29 is 9.53 Å². The Morgan fingerprint density at radius 2 is 2.29 bits per heavy atom. The van der Waals surface area contributed by atoms with Crippen molar-refractivity contribution in [2.45, 2.75) is 6.42 Å². The Morgan fingerprint density at radius 1 is 1.57 bits per heavy atom. The average molecular weight is 189 g/mol. The summed E-state index contributed by atoms with van der Waals surface area (Å²) in [5.41, 5.74) is 1.43. The molecule has 1 aromatic rings. The molecule has 0 saturated heterocycles. The molecule has 0 aliphatic carbocycles. The third-order valence-electron chi connectivity index (χ3n) is 1.79. The standard InChI is InChI=1S/C11H11NO2/c1-9(12-8-13)7-10-5-3-4-6-11(10)14-2/h3-6H,1,7H2,2H3. The molecule has 3 heteroatoms. The zero-order valence-electron chi connectivity index (χ0n) is 7.99. The zero-order valence-corrected chi connectivity index (χ0v) is 7.99. The molecular formula is C11H11NO2. The molecule has 72 valence electrons. The van der Waals surface area contributed by atoms with E-state index in [1.54, 1.807) is 7.11 Å². The fourth-order valence-corrected chi connectivity index (χ4v) is 1.17. The molecule has 0 fully saturated rings. The molecule has 1 aromatic carbocycles. The first kappa shape index (κ1) is 10.2. The molecule has 3 nitrogen and oxygen atoms in total. The second-order valence-electron chi connectivity index (χ2n) is 2.76. The van der Waals surface area contributed by atoms with Crippen LogP contribution in [0.4, 0.5) is 0 Å². The van der Waals surface area contributed by atoms with E-state index < -0.39 is 0 Å². The van der Waals surface area contributed by atoms with Gasteiger partial charge in [-0.1, -0.05) is 24.8 Å². The SMILES string of the molecule is C=C(Cc1ccccc1OC)N=C=O. The Morgan fingerprint density at radius 3 is 2.93 bits per heavy atom. The number of benzene rings is 1. The summed E-state index contributed by atoms with van der Waals surface area (Å²) in [5.74, 6) is 0.773. The zero-order chi connectivity index (χ0) is 10.4. The van der Waals surface area contributed by atoms with Crippen LogP contribution in [0.2, 0.25) is 0 Å². The quantitative estimate of drug-likeness (QED) is 0.537. The van der Waals surface area contributed by atoms with Gasteiger partial charge in [0.15, 0.2) is 0 Å². The van der Waals surface area contributed by atoms with Gasteiger partial charge in [-0.2, -0.15) is 4.99 Å². The summed E-state index contributed by atoms with van der Waals surface area (Å²) in [4.78, 5) is 13.4. The van der Waals surface area contributed by atoms with E-state index >= 15 is 0 Å². The number of isocyanates is 1. The van der Waals surface area contributed by atoms with E-state index in [4.69, 9.17) is 4.74 Å². The summed E-state index contributed by atoms with van der Waals surface area (Å²) < 4.78 is 5.14. The highest BCUT2D eigenvalue weighted by Crippen LogP contribution is 2.20. The van der Waals surface area contributed by atoms with E-state index in [9.17, 15) is 4.79 Å². The van der Waals surface area contributed by atoms with Gasteiger partial charge < -0.3 is 4.74 Å². The average Bonchev–Trinajstić information content (AvgIpc) is 2.19. The van der Waals surface area contributed by atoms with Crippen LogP contribution in [0.1, 0.15) is 5.56 Å². The van der Waals surface area contributed by atoms with E-state index in [1.807, 2.05) is 24.3 Å². The highest BCUT2D eigenvalue weighted by molar-refractivity contribution is 5.40. The van der Waals surface area contributed by atoms with Gasteiger partial charge in [-0.25, -0.2) is 4.79 Å². The largest absolute Gasteiger partial charge is 0.496 e. The Kier molecular flexibility index (Phi) is 3.65. The van der Waals surface area contributed by atoms with Crippen molar-refractivity contribution in [3.63, 3.8) is 0 Å². The lowest BCUT2D eigenvalue weighted by Gasteiger charge is -2.06. The fraction of sp³-hybridized carbons (Fsp3) is 0.182. The highest BCUT2D eigenvalue weighted by atomic mass is 16.5. The molecular weight excluding hydrogens is 178 g/mol. The smallest absolute Gasteiger partial charge is 0.240 e. The number of para-hydroxylation sites is 1. The Labute approximate surface area is 82.7 Å². The van der Waals surface area contributed by atoms with E-state index in [-0.39, 0.29) is 0 Å². The number of carbonyl (C=O) groups excluding carboxylic acids is 1. The molecule has 1 rings (SSSR count). The molecule has 14 heavy (non-hydrogen) atoms. The molecule has 0 bridgehead atoms. The first-order valence-corrected chi connectivity index (χ1v) is 4.15. The molecule has 0 heterocycles. The monoisotopic (exact) mass is 189 g/mol. The number of allylic oxidation sites excluding steroid dienone is 1. The lowest BCUT2D eigenvalue weighted by atomic mass is 10.1. The predicted octanol–water partition coefficient (Wildman–Crippen LogP) is 2.09.